The molecule has 118 valence electrons. The number of rotatable bonds is 4. The Hall–Kier alpha value is -0.840. The van der Waals surface area contributed by atoms with Gasteiger partial charge in [0.15, 0.2) is 0 Å². The zero-order valence-corrected chi connectivity index (χ0v) is 13.2. The lowest BCUT2D eigenvalue weighted by Gasteiger charge is -2.36. The Morgan fingerprint density at radius 3 is 2.57 bits per heavy atom. The highest BCUT2D eigenvalue weighted by Crippen LogP contribution is 2.20. The lowest BCUT2D eigenvalue weighted by molar-refractivity contribution is 0.240. The molecule has 3 rings (SSSR count). The molecule has 0 radical (unpaired) electrons. The molecule has 0 spiro atoms. The molecule has 2 aliphatic heterocycles. The fourth-order valence-corrected chi connectivity index (χ4v) is 3.25. The Kier molecular flexibility index (Phi) is 6.27. The van der Waals surface area contributed by atoms with Gasteiger partial charge >= 0.3 is 0 Å². The first kappa shape index (κ1) is 16.5. The van der Waals surface area contributed by atoms with Crippen molar-refractivity contribution >= 4 is 18.1 Å². The first-order chi connectivity index (χ1) is 9.83. The minimum absolute atomic E-state index is 0. The first-order valence-electron chi connectivity index (χ1n) is 7.75. The molecular weight excluding hydrogens is 289 g/mol. The van der Waals surface area contributed by atoms with Crippen molar-refractivity contribution < 1.29 is 4.39 Å². The van der Waals surface area contributed by atoms with Crippen molar-refractivity contribution in [3.05, 3.63) is 30.1 Å². The summed E-state index contributed by atoms with van der Waals surface area (Å²) in [5.41, 5.74) is 0.757. The van der Waals surface area contributed by atoms with Crippen LogP contribution in [0.2, 0.25) is 0 Å². The summed E-state index contributed by atoms with van der Waals surface area (Å²) in [7, 11) is 0. The summed E-state index contributed by atoms with van der Waals surface area (Å²) in [5, 5.41) is 3.43. The van der Waals surface area contributed by atoms with E-state index in [9.17, 15) is 4.39 Å². The zero-order valence-electron chi connectivity index (χ0n) is 12.4. The van der Waals surface area contributed by atoms with Gasteiger partial charge in [0, 0.05) is 26.2 Å². The molecule has 1 atom stereocenters. The van der Waals surface area contributed by atoms with Crippen molar-refractivity contribution in [3.63, 3.8) is 0 Å². The molecule has 2 heterocycles. The molecule has 5 heteroatoms. The standard InChI is InChI=1S/C16H24FN3.ClH/c17-15-3-1-2-4-16(15)20-11-9-19(10-12-20)8-6-14-5-7-18-13-14;/h1-4,14,18H,5-13H2;1H. The van der Waals surface area contributed by atoms with Crippen molar-refractivity contribution in [1.82, 2.24) is 10.2 Å². The predicted molar refractivity (Wildman–Crippen MR) is 87.9 cm³/mol. The van der Waals surface area contributed by atoms with Gasteiger partial charge in [-0.15, -0.1) is 12.4 Å². The van der Waals surface area contributed by atoms with E-state index in [-0.39, 0.29) is 18.2 Å². The van der Waals surface area contributed by atoms with Crippen molar-refractivity contribution in [2.75, 3.05) is 50.7 Å². The van der Waals surface area contributed by atoms with Gasteiger partial charge in [0.05, 0.1) is 5.69 Å². The molecule has 0 amide bonds. The van der Waals surface area contributed by atoms with Gasteiger partial charge in [0.25, 0.3) is 0 Å². The van der Waals surface area contributed by atoms with Gasteiger partial charge in [-0.05, 0) is 50.5 Å². The van der Waals surface area contributed by atoms with Gasteiger partial charge in [0.2, 0.25) is 0 Å². The predicted octanol–water partition coefficient (Wildman–Crippen LogP) is 2.37. The maximum Gasteiger partial charge on any atom is 0.146 e. The molecule has 0 saturated carbocycles. The van der Waals surface area contributed by atoms with E-state index in [1.54, 1.807) is 12.1 Å². The number of hydrogen-bond donors (Lipinski definition) is 1. The van der Waals surface area contributed by atoms with Crippen LogP contribution in [0.3, 0.4) is 0 Å². The summed E-state index contributed by atoms with van der Waals surface area (Å²) in [4.78, 5) is 4.69. The number of nitrogens with zero attached hydrogens (tertiary/aromatic N) is 2. The molecule has 2 saturated heterocycles. The molecule has 3 nitrogen and oxygen atoms in total. The van der Waals surface area contributed by atoms with Crippen LogP contribution in [0.25, 0.3) is 0 Å². The molecule has 1 N–H and O–H groups in total. The van der Waals surface area contributed by atoms with E-state index >= 15 is 0 Å². The van der Waals surface area contributed by atoms with Crippen LogP contribution in [0.4, 0.5) is 10.1 Å². The fraction of sp³-hybridized carbons (Fsp3) is 0.625. The smallest absolute Gasteiger partial charge is 0.146 e. The zero-order chi connectivity index (χ0) is 13.8. The molecule has 0 aliphatic carbocycles. The maximum atomic E-state index is 13.8. The first-order valence-corrected chi connectivity index (χ1v) is 7.75. The second-order valence-electron chi connectivity index (χ2n) is 5.93. The third-order valence-corrected chi connectivity index (χ3v) is 4.58. The third-order valence-electron chi connectivity index (χ3n) is 4.58. The van der Waals surface area contributed by atoms with E-state index in [1.807, 2.05) is 12.1 Å². The highest BCUT2D eigenvalue weighted by Gasteiger charge is 2.21. The van der Waals surface area contributed by atoms with E-state index in [1.165, 1.54) is 32.5 Å². The second-order valence-corrected chi connectivity index (χ2v) is 5.93. The topological polar surface area (TPSA) is 18.5 Å². The lowest BCUT2D eigenvalue weighted by atomic mass is 10.0. The van der Waals surface area contributed by atoms with Crippen molar-refractivity contribution in [2.24, 2.45) is 5.92 Å². The largest absolute Gasteiger partial charge is 0.367 e. The average molecular weight is 314 g/mol. The van der Waals surface area contributed by atoms with Crippen LogP contribution in [0, 0.1) is 11.7 Å². The summed E-state index contributed by atoms with van der Waals surface area (Å²) in [6.45, 7) is 7.54. The van der Waals surface area contributed by atoms with Crippen molar-refractivity contribution in [3.8, 4) is 0 Å². The summed E-state index contributed by atoms with van der Waals surface area (Å²) in [5.74, 6) is 0.762. The number of nitrogens with one attached hydrogen (secondary N) is 1. The van der Waals surface area contributed by atoms with Crippen molar-refractivity contribution in [1.29, 1.82) is 0 Å². The van der Waals surface area contributed by atoms with Crippen molar-refractivity contribution in [2.45, 2.75) is 12.8 Å². The molecule has 1 unspecified atom stereocenters. The van der Waals surface area contributed by atoms with Crippen LogP contribution in [0.15, 0.2) is 24.3 Å². The van der Waals surface area contributed by atoms with Crippen LogP contribution < -0.4 is 10.2 Å². The Labute approximate surface area is 132 Å². The van der Waals surface area contributed by atoms with E-state index < -0.39 is 0 Å². The highest BCUT2D eigenvalue weighted by molar-refractivity contribution is 5.85. The van der Waals surface area contributed by atoms with E-state index in [2.05, 4.69) is 15.1 Å². The van der Waals surface area contributed by atoms with Gasteiger partial charge < -0.3 is 10.2 Å². The highest BCUT2D eigenvalue weighted by atomic mass is 35.5. The minimum atomic E-state index is -0.0991. The van der Waals surface area contributed by atoms with Crippen LogP contribution >= 0.6 is 12.4 Å². The SMILES string of the molecule is Cl.Fc1ccccc1N1CCN(CCC2CCNC2)CC1. The van der Waals surface area contributed by atoms with Gasteiger partial charge in [-0.3, -0.25) is 4.90 Å². The molecular formula is C16H25ClFN3. The van der Waals surface area contributed by atoms with Gasteiger partial charge in [-0.2, -0.15) is 0 Å². The Morgan fingerprint density at radius 1 is 1.14 bits per heavy atom. The molecule has 0 bridgehead atoms. The summed E-state index contributed by atoms with van der Waals surface area (Å²) < 4.78 is 13.8. The quantitative estimate of drug-likeness (QED) is 0.920. The molecule has 2 fully saturated rings. The third kappa shape index (κ3) is 4.31. The Bertz CT molecular complexity index is 429. The molecule has 1 aromatic rings. The van der Waals surface area contributed by atoms with Gasteiger partial charge in [0.1, 0.15) is 5.82 Å². The van der Waals surface area contributed by atoms with Crippen LogP contribution in [0.5, 0.6) is 0 Å². The number of piperazine rings is 1. The maximum absolute atomic E-state index is 13.8. The fourth-order valence-electron chi connectivity index (χ4n) is 3.25. The second kappa shape index (κ2) is 7.97. The Balaban J connectivity index is 0.00000161. The number of anilines is 1. The monoisotopic (exact) mass is 313 g/mol. The Morgan fingerprint density at radius 2 is 1.90 bits per heavy atom. The van der Waals surface area contributed by atoms with E-state index in [4.69, 9.17) is 0 Å². The molecule has 1 aromatic carbocycles. The van der Waals surface area contributed by atoms with Crippen LogP contribution in [-0.2, 0) is 0 Å². The van der Waals surface area contributed by atoms with Gasteiger partial charge in [-0.1, -0.05) is 12.1 Å². The summed E-state index contributed by atoms with van der Waals surface area (Å²) >= 11 is 0. The lowest BCUT2D eigenvalue weighted by Crippen LogP contribution is -2.47. The number of hydrogen-bond acceptors (Lipinski definition) is 3. The summed E-state index contributed by atoms with van der Waals surface area (Å²) in [6, 6.07) is 7.10. The molecule has 2 aliphatic rings. The van der Waals surface area contributed by atoms with Crippen LogP contribution in [0.1, 0.15) is 12.8 Å². The normalized spacial score (nSPS) is 23.1. The van der Waals surface area contributed by atoms with Gasteiger partial charge in [-0.25, -0.2) is 4.39 Å². The van der Waals surface area contributed by atoms with Crippen LogP contribution in [-0.4, -0.2) is 50.7 Å². The average Bonchev–Trinajstić information content (AvgIpc) is 3.00. The summed E-state index contributed by atoms with van der Waals surface area (Å²) in [6.07, 6.45) is 2.63. The van der Waals surface area contributed by atoms with E-state index in [0.717, 1.165) is 37.8 Å². The number of para-hydroxylation sites is 1. The molecule has 21 heavy (non-hydrogen) atoms. The van der Waals surface area contributed by atoms with E-state index in [0.29, 0.717) is 0 Å². The number of halogens is 2. The number of benzene rings is 1. The minimum Gasteiger partial charge on any atom is -0.367 e. The molecule has 0 aromatic heterocycles.